The van der Waals surface area contributed by atoms with Gasteiger partial charge in [0.05, 0.1) is 24.0 Å². The number of amides is 2. The molecule has 0 unspecified atom stereocenters. The molecule has 2 aromatic rings. The van der Waals surface area contributed by atoms with E-state index in [0.29, 0.717) is 10.8 Å². The monoisotopic (exact) mass is 446 g/mol. The Balaban J connectivity index is 1.87. The van der Waals surface area contributed by atoms with Gasteiger partial charge in [0.15, 0.2) is 5.75 Å². The van der Waals surface area contributed by atoms with Gasteiger partial charge in [-0.1, -0.05) is 11.6 Å². The van der Waals surface area contributed by atoms with Crippen molar-refractivity contribution in [2.45, 2.75) is 18.9 Å². The fraction of sp³-hybridized carbons (Fsp3) is 0.286. The molecule has 0 aliphatic carbocycles. The van der Waals surface area contributed by atoms with Crippen molar-refractivity contribution in [3.05, 3.63) is 40.9 Å². The predicted octanol–water partition coefficient (Wildman–Crippen LogP) is 2.78. The second kappa shape index (κ2) is 9.13. The highest BCUT2D eigenvalue weighted by Crippen LogP contribution is 2.36. The maximum Gasteiger partial charge on any atom is 0.305 e. The molecule has 0 bridgehead atoms. The van der Waals surface area contributed by atoms with Gasteiger partial charge in [0.1, 0.15) is 11.8 Å². The van der Waals surface area contributed by atoms with Crippen molar-refractivity contribution >= 4 is 46.4 Å². The number of rotatable bonds is 6. The maximum atomic E-state index is 12.7. The molecule has 9 nitrogen and oxygen atoms in total. The van der Waals surface area contributed by atoms with E-state index in [2.05, 4.69) is 15.4 Å². The molecule has 2 aromatic carbocycles. The van der Waals surface area contributed by atoms with Crippen LogP contribution >= 0.6 is 11.6 Å². The molecule has 0 radical (unpaired) electrons. The number of esters is 1. The van der Waals surface area contributed by atoms with E-state index in [4.69, 9.17) is 22.1 Å². The quantitative estimate of drug-likeness (QED) is 0.460. The Labute approximate surface area is 184 Å². The zero-order valence-electron chi connectivity index (χ0n) is 17.3. The van der Waals surface area contributed by atoms with Gasteiger partial charge < -0.3 is 30.7 Å². The minimum atomic E-state index is -0.889. The topological polar surface area (TPSA) is 123 Å². The molecule has 0 aromatic heterocycles. The van der Waals surface area contributed by atoms with Gasteiger partial charge in [-0.05, 0) is 30.7 Å². The van der Waals surface area contributed by atoms with Gasteiger partial charge in [-0.3, -0.25) is 14.4 Å². The normalized spacial score (nSPS) is 15.3. The molecular formula is C21H23ClN4O5. The Morgan fingerprint density at radius 1 is 1.19 bits per heavy atom. The Bertz CT molecular complexity index is 1040. The molecule has 0 fully saturated rings. The molecule has 4 N–H and O–H groups in total. The first-order chi connectivity index (χ1) is 14.7. The van der Waals surface area contributed by atoms with Crippen molar-refractivity contribution < 1.29 is 23.9 Å². The number of nitrogen functional groups attached to an aromatic ring is 1. The van der Waals surface area contributed by atoms with Crippen molar-refractivity contribution in [3.63, 3.8) is 0 Å². The standard InChI is InChI=1S/C21H23ClN4O5/c1-26(2)12-6-11(22)7-13(8-12)31-18-9-14-17(10-15(18)23)25-21(29)16(24-20(14)28)4-5-19(27)30-3/h6-10,16H,4-5,23H2,1-3H3,(H,24,28)(H,25,29)/t16-/m1/s1. The van der Waals surface area contributed by atoms with Crippen molar-refractivity contribution in [3.8, 4) is 11.5 Å². The molecule has 10 heteroatoms. The number of anilines is 3. The number of carbonyl (C=O) groups is 3. The summed E-state index contributed by atoms with van der Waals surface area (Å²) in [6.07, 6.45) is 0.0948. The highest BCUT2D eigenvalue weighted by atomic mass is 35.5. The third kappa shape index (κ3) is 5.18. The number of benzene rings is 2. The van der Waals surface area contributed by atoms with E-state index in [1.54, 1.807) is 18.2 Å². The van der Waals surface area contributed by atoms with Crippen LogP contribution in [0.4, 0.5) is 17.1 Å². The molecule has 0 spiro atoms. The van der Waals surface area contributed by atoms with Gasteiger partial charge >= 0.3 is 5.97 Å². The summed E-state index contributed by atoms with van der Waals surface area (Å²) >= 11 is 6.17. The van der Waals surface area contributed by atoms with E-state index in [9.17, 15) is 14.4 Å². The lowest BCUT2D eigenvalue weighted by atomic mass is 10.1. The molecule has 0 saturated carbocycles. The van der Waals surface area contributed by atoms with Crippen LogP contribution in [0.25, 0.3) is 0 Å². The van der Waals surface area contributed by atoms with Crippen LogP contribution in [0.15, 0.2) is 30.3 Å². The van der Waals surface area contributed by atoms with Crippen LogP contribution in [-0.2, 0) is 14.3 Å². The summed E-state index contributed by atoms with van der Waals surface area (Å²) in [6.45, 7) is 0. The molecule has 0 saturated heterocycles. The number of methoxy groups -OCH3 is 1. The summed E-state index contributed by atoms with van der Waals surface area (Å²) < 4.78 is 10.5. The molecule has 1 atom stereocenters. The van der Waals surface area contributed by atoms with Crippen LogP contribution in [0.2, 0.25) is 5.02 Å². The Kier molecular flexibility index (Phi) is 6.55. The first-order valence-corrected chi connectivity index (χ1v) is 9.83. The van der Waals surface area contributed by atoms with Crippen LogP contribution < -0.4 is 26.0 Å². The lowest BCUT2D eigenvalue weighted by Crippen LogP contribution is -2.41. The first kappa shape index (κ1) is 22.2. The summed E-state index contributed by atoms with van der Waals surface area (Å²) in [5.41, 5.74) is 7.61. The average Bonchev–Trinajstić information content (AvgIpc) is 2.82. The smallest absolute Gasteiger partial charge is 0.305 e. The lowest BCUT2D eigenvalue weighted by molar-refractivity contribution is -0.140. The van der Waals surface area contributed by atoms with E-state index in [1.807, 2.05) is 19.0 Å². The van der Waals surface area contributed by atoms with Gasteiger partial charge in [-0.15, -0.1) is 0 Å². The number of nitrogens with two attached hydrogens (primary N) is 1. The van der Waals surface area contributed by atoms with Crippen molar-refractivity contribution in [2.75, 3.05) is 37.2 Å². The van der Waals surface area contributed by atoms with Crippen LogP contribution in [0.5, 0.6) is 11.5 Å². The number of hydrogen-bond donors (Lipinski definition) is 3. The molecular weight excluding hydrogens is 424 g/mol. The lowest BCUT2D eigenvalue weighted by Gasteiger charge is -2.16. The number of hydrogen-bond acceptors (Lipinski definition) is 7. The van der Waals surface area contributed by atoms with Crippen LogP contribution in [0, 0.1) is 0 Å². The zero-order valence-corrected chi connectivity index (χ0v) is 18.1. The molecule has 1 heterocycles. The number of nitrogens with one attached hydrogen (secondary N) is 2. The Hall–Kier alpha value is -3.46. The van der Waals surface area contributed by atoms with Gasteiger partial charge in [-0.25, -0.2) is 0 Å². The van der Waals surface area contributed by atoms with Gasteiger partial charge in [0, 0.05) is 37.3 Å². The zero-order chi connectivity index (χ0) is 22.7. The van der Waals surface area contributed by atoms with Crippen molar-refractivity contribution in [2.24, 2.45) is 0 Å². The highest BCUT2D eigenvalue weighted by molar-refractivity contribution is 6.31. The molecule has 164 valence electrons. The van der Waals surface area contributed by atoms with E-state index in [0.717, 1.165) is 5.69 Å². The minimum absolute atomic E-state index is 0.00924. The first-order valence-electron chi connectivity index (χ1n) is 9.45. The van der Waals surface area contributed by atoms with Gasteiger partial charge in [0.25, 0.3) is 5.91 Å². The number of nitrogens with zero attached hydrogens (tertiary/aromatic N) is 1. The third-order valence-electron chi connectivity index (χ3n) is 4.74. The fourth-order valence-corrected chi connectivity index (χ4v) is 3.28. The van der Waals surface area contributed by atoms with Crippen molar-refractivity contribution in [1.82, 2.24) is 5.32 Å². The summed E-state index contributed by atoms with van der Waals surface area (Å²) in [6, 6.07) is 7.22. The molecule has 2 amide bonds. The third-order valence-corrected chi connectivity index (χ3v) is 4.96. The van der Waals surface area contributed by atoms with Crippen LogP contribution in [0.3, 0.4) is 0 Å². The molecule has 3 rings (SSSR count). The average molecular weight is 447 g/mol. The fourth-order valence-electron chi connectivity index (χ4n) is 3.06. The summed E-state index contributed by atoms with van der Waals surface area (Å²) in [7, 11) is 5.00. The molecule has 31 heavy (non-hydrogen) atoms. The second-order valence-electron chi connectivity index (χ2n) is 7.21. The highest BCUT2D eigenvalue weighted by Gasteiger charge is 2.29. The Morgan fingerprint density at radius 3 is 2.61 bits per heavy atom. The van der Waals surface area contributed by atoms with Crippen LogP contribution in [0.1, 0.15) is 23.2 Å². The SMILES string of the molecule is COC(=O)CC[C@H]1NC(=O)c2cc(Oc3cc(Cl)cc(N(C)C)c3)c(N)cc2NC1=O. The summed E-state index contributed by atoms with van der Waals surface area (Å²) in [5.74, 6) is -0.731. The summed E-state index contributed by atoms with van der Waals surface area (Å²) in [4.78, 5) is 38.5. The van der Waals surface area contributed by atoms with E-state index >= 15 is 0 Å². The minimum Gasteiger partial charge on any atom is -0.469 e. The van der Waals surface area contributed by atoms with Gasteiger partial charge in [-0.2, -0.15) is 0 Å². The number of carbonyl (C=O) groups excluding carboxylic acids is 3. The second-order valence-corrected chi connectivity index (χ2v) is 7.64. The van der Waals surface area contributed by atoms with E-state index < -0.39 is 23.8 Å². The van der Waals surface area contributed by atoms with E-state index in [1.165, 1.54) is 19.2 Å². The van der Waals surface area contributed by atoms with Crippen molar-refractivity contribution in [1.29, 1.82) is 0 Å². The van der Waals surface area contributed by atoms with Gasteiger partial charge in [0.2, 0.25) is 5.91 Å². The predicted molar refractivity (Wildman–Crippen MR) is 118 cm³/mol. The number of halogens is 1. The van der Waals surface area contributed by atoms with E-state index in [-0.39, 0.29) is 35.5 Å². The largest absolute Gasteiger partial charge is 0.469 e. The number of fused-ring (bicyclic) bond motifs is 1. The molecule has 1 aliphatic heterocycles. The summed E-state index contributed by atoms with van der Waals surface area (Å²) in [5, 5.41) is 5.78. The number of ether oxygens (including phenoxy) is 2. The molecule has 1 aliphatic rings. The maximum absolute atomic E-state index is 12.7. The van der Waals surface area contributed by atoms with Crippen LogP contribution in [-0.4, -0.2) is 45.0 Å². The Morgan fingerprint density at radius 2 is 1.94 bits per heavy atom.